The van der Waals surface area contributed by atoms with Crippen molar-refractivity contribution in [3.8, 4) is 5.75 Å². The van der Waals surface area contributed by atoms with Gasteiger partial charge in [0.1, 0.15) is 0 Å². The first-order valence-corrected chi connectivity index (χ1v) is 6.68. The van der Waals surface area contributed by atoms with Gasteiger partial charge in [0.2, 0.25) is 5.82 Å². The van der Waals surface area contributed by atoms with Gasteiger partial charge in [-0.1, -0.05) is 12.8 Å². The van der Waals surface area contributed by atoms with Crippen LogP contribution in [0.5, 0.6) is 5.75 Å². The molecule has 19 heavy (non-hydrogen) atoms. The van der Waals surface area contributed by atoms with Crippen molar-refractivity contribution in [2.75, 3.05) is 7.11 Å². The Morgan fingerprint density at radius 1 is 1.37 bits per heavy atom. The van der Waals surface area contributed by atoms with Crippen LogP contribution in [0.15, 0.2) is 10.5 Å². The molecule has 6 heteroatoms. The second kappa shape index (κ2) is 5.07. The summed E-state index contributed by atoms with van der Waals surface area (Å²) >= 11 is 3.09. The number of carboxylic acid groups (broad SMARTS) is 1. The Hall–Kier alpha value is -1.17. The number of methoxy groups -OCH3 is 1. The maximum atomic E-state index is 14.1. The Bertz CT molecular complexity index is 525. The molecular formula is C13H13BrF2O3. The third-order valence-corrected chi connectivity index (χ3v) is 4.29. The Morgan fingerprint density at radius 2 is 1.95 bits per heavy atom. The van der Waals surface area contributed by atoms with Crippen LogP contribution >= 0.6 is 15.9 Å². The van der Waals surface area contributed by atoms with Gasteiger partial charge < -0.3 is 9.84 Å². The molecule has 0 aromatic heterocycles. The van der Waals surface area contributed by atoms with Gasteiger partial charge in [-0.3, -0.25) is 4.79 Å². The molecule has 0 saturated heterocycles. The van der Waals surface area contributed by atoms with Gasteiger partial charge in [0, 0.05) is 5.56 Å². The standard InChI is InChI=1S/C13H13BrF2O3/c1-19-11-8(14)6-7(9(15)10(11)16)13(12(17)18)4-2-3-5-13/h6H,2-5H2,1H3,(H,17,18). The van der Waals surface area contributed by atoms with Gasteiger partial charge in [-0.25, -0.2) is 4.39 Å². The first kappa shape index (κ1) is 14.2. The number of hydrogen-bond donors (Lipinski definition) is 1. The van der Waals surface area contributed by atoms with E-state index in [1.165, 1.54) is 13.2 Å². The summed E-state index contributed by atoms with van der Waals surface area (Å²) in [6, 6.07) is 1.32. The number of ether oxygens (including phenoxy) is 1. The molecule has 1 N–H and O–H groups in total. The quantitative estimate of drug-likeness (QED) is 0.858. The first-order chi connectivity index (χ1) is 8.94. The highest BCUT2D eigenvalue weighted by atomic mass is 79.9. The molecule has 104 valence electrons. The van der Waals surface area contributed by atoms with Crippen LogP contribution in [-0.2, 0) is 10.2 Å². The summed E-state index contributed by atoms with van der Waals surface area (Å²) in [6.45, 7) is 0. The summed E-state index contributed by atoms with van der Waals surface area (Å²) in [7, 11) is 1.23. The third kappa shape index (κ3) is 2.12. The lowest BCUT2D eigenvalue weighted by atomic mass is 9.78. The van der Waals surface area contributed by atoms with Crippen molar-refractivity contribution in [3.63, 3.8) is 0 Å². The minimum Gasteiger partial charge on any atom is -0.492 e. The van der Waals surface area contributed by atoms with Gasteiger partial charge in [-0.2, -0.15) is 4.39 Å². The lowest BCUT2D eigenvalue weighted by Crippen LogP contribution is -2.34. The maximum Gasteiger partial charge on any atom is 0.314 e. The van der Waals surface area contributed by atoms with Gasteiger partial charge >= 0.3 is 5.97 Å². The molecule has 0 amide bonds. The molecule has 1 aliphatic rings. The molecule has 0 bridgehead atoms. The zero-order valence-electron chi connectivity index (χ0n) is 10.3. The topological polar surface area (TPSA) is 46.5 Å². The van der Waals surface area contributed by atoms with Gasteiger partial charge in [-0.05, 0) is 34.8 Å². The molecule has 1 aromatic carbocycles. The normalized spacial score (nSPS) is 17.5. The molecule has 0 radical (unpaired) electrons. The average Bonchev–Trinajstić information content (AvgIpc) is 2.85. The van der Waals surface area contributed by atoms with E-state index in [4.69, 9.17) is 4.74 Å². The molecule has 0 spiro atoms. The number of carboxylic acids is 1. The van der Waals surface area contributed by atoms with Gasteiger partial charge in [0.05, 0.1) is 17.0 Å². The van der Waals surface area contributed by atoms with E-state index in [2.05, 4.69) is 15.9 Å². The fraction of sp³-hybridized carbons (Fsp3) is 0.462. The molecule has 1 aromatic rings. The molecule has 0 heterocycles. The van der Waals surface area contributed by atoms with Crippen molar-refractivity contribution in [3.05, 3.63) is 27.7 Å². The summed E-state index contributed by atoms with van der Waals surface area (Å²) in [5.74, 6) is -3.65. The highest BCUT2D eigenvalue weighted by molar-refractivity contribution is 9.10. The van der Waals surface area contributed by atoms with Crippen LogP contribution in [0.4, 0.5) is 8.78 Å². The molecule has 1 fully saturated rings. The van der Waals surface area contributed by atoms with Crippen molar-refractivity contribution in [2.24, 2.45) is 0 Å². The summed E-state index contributed by atoms with van der Waals surface area (Å²) < 4.78 is 33.0. The van der Waals surface area contributed by atoms with Gasteiger partial charge in [0.25, 0.3) is 0 Å². The summed E-state index contributed by atoms with van der Waals surface area (Å²) in [5, 5.41) is 9.41. The Labute approximate surface area is 117 Å². The van der Waals surface area contributed by atoms with Crippen LogP contribution < -0.4 is 4.74 Å². The summed E-state index contributed by atoms with van der Waals surface area (Å²) in [6.07, 6.45) is 2.02. The lowest BCUT2D eigenvalue weighted by Gasteiger charge is -2.25. The van der Waals surface area contributed by atoms with Crippen LogP contribution in [0.1, 0.15) is 31.2 Å². The number of halogens is 3. The molecular weight excluding hydrogens is 322 g/mol. The predicted octanol–water partition coefficient (Wildman–Crippen LogP) is 3.63. The molecule has 2 rings (SSSR count). The van der Waals surface area contributed by atoms with E-state index < -0.39 is 23.0 Å². The minimum atomic E-state index is -1.33. The Kier molecular flexibility index (Phi) is 3.80. The van der Waals surface area contributed by atoms with Crippen LogP contribution in [0.25, 0.3) is 0 Å². The monoisotopic (exact) mass is 334 g/mol. The van der Waals surface area contributed by atoms with E-state index in [9.17, 15) is 18.7 Å². The van der Waals surface area contributed by atoms with Crippen LogP contribution in [0.3, 0.4) is 0 Å². The smallest absolute Gasteiger partial charge is 0.314 e. The summed E-state index contributed by atoms with van der Waals surface area (Å²) in [5.41, 5.74) is -1.44. The maximum absolute atomic E-state index is 14.1. The Balaban J connectivity index is 2.65. The van der Waals surface area contributed by atoms with Gasteiger partial charge in [0.15, 0.2) is 11.6 Å². The van der Waals surface area contributed by atoms with Crippen molar-refractivity contribution in [2.45, 2.75) is 31.1 Å². The average molecular weight is 335 g/mol. The molecule has 0 unspecified atom stereocenters. The largest absolute Gasteiger partial charge is 0.492 e. The number of rotatable bonds is 3. The van der Waals surface area contributed by atoms with E-state index in [0.717, 1.165) is 0 Å². The fourth-order valence-electron chi connectivity index (χ4n) is 2.69. The van der Waals surface area contributed by atoms with Crippen LogP contribution in [0.2, 0.25) is 0 Å². The predicted molar refractivity (Wildman–Crippen MR) is 68.4 cm³/mol. The van der Waals surface area contributed by atoms with Gasteiger partial charge in [-0.15, -0.1) is 0 Å². The molecule has 3 nitrogen and oxygen atoms in total. The second-order valence-corrected chi connectivity index (χ2v) is 5.52. The van der Waals surface area contributed by atoms with E-state index in [1.807, 2.05) is 0 Å². The van der Waals surface area contributed by atoms with Crippen LogP contribution in [0, 0.1) is 11.6 Å². The fourth-order valence-corrected chi connectivity index (χ4v) is 3.26. The lowest BCUT2D eigenvalue weighted by molar-refractivity contribution is -0.143. The number of benzene rings is 1. The van der Waals surface area contributed by atoms with Crippen molar-refractivity contribution in [1.29, 1.82) is 0 Å². The number of aliphatic carboxylic acids is 1. The van der Waals surface area contributed by atoms with E-state index in [0.29, 0.717) is 25.7 Å². The zero-order valence-corrected chi connectivity index (χ0v) is 11.9. The van der Waals surface area contributed by atoms with E-state index in [-0.39, 0.29) is 15.8 Å². The zero-order chi connectivity index (χ0) is 14.2. The highest BCUT2D eigenvalue weighted by Crippen LogP contribution is 2.45. The molecule has 1 saturated carbocycles. The first-order valence-electron chi connectivity index (χ1n) is 5.89. The van der Waals surface area contributed by atoms with Crippen molar-refractivity contribution >= 4 is 21.9 Å². The number of hydrogen-bond acceptors (Lipinski definition) is 2. The highest BCUT2D eigenvalue weighted by Gasteiger charge is 2.46. The van der Waals surface area contributed by atoms with Crippen molar-refractivity contribution < 1.29 is 23.4 Å². The molecule has 0 atom stereocenters. The Morgan fingerprint density at radius 3 is 2.42 bits per heavy atom. The summed E-state index contributed by atoms with van der Waals surface area (Å²) in [4.78, 5) is 11.5. The van der Waals surface area contributed by atoms with E-state index in [1.54, 1.807) is 0 Å². The molecule has 0 aliphatic heterocycles. The minimum absolute atomic E-state index is 0.109. The number of carbonyl (C=O) groups is 1. The third-order valence-electron chi connectivity index (χ3n) is 3.70. The van der Waals surface area contributed by atoms with Crippen LogP contribution in [-0.4, -0.2) is 18.2 Å². The van der Waals surface area contributed by atoms with E-state index >= 15 is 0 Å². The molecule has 1 aliphatic carbocycles. The SMILES string of the molecule is COc1c(Br)cc(C2(C(=O)O)CCCC2)c(F)c1F. The second-order valence-electron chi connectivity index (χ2n) is 4.66. The van der Waals surface area contributed by atoms with Crippen molar-refractivity contribution in [1.82, 2.24) is 0 Å².